The van der Waals surface area contributed by atoms with Gasteiger partial charge in [-0.05, 0) is 30.3 Å². The normalized spacial score (nSPS) is 14.0. The van der Waals surface area contributed by atoms with Crippen LogP contribution in [0.5, 0.6) is 23.0 Å². The molecule has 0 aliphatic carbocycles. The van der Waals surface area contributed by atoms with E-state index in [0.717, 1.165) is 6.92 Å². The first-order chi connectivity index (χ1) is 13.8. The molecule has 0 fully saturated rings. The van der Waals surface area contributed by atoms with Gasteiger partial charge in [0, 0.05) is 35.7 Å². The van der Waals surface area contributed by atoms with Crippen LogP contribution < -0.4 is 4.74 Å². The predicted molar refractivity (Wildman–Crippen MR) is 108 cm³/mol. The topological polar surface area (TPSA) is 113 Å². The number of esters is 1. The summed E-state index contributed by atoms with van der Waals surface area (Å²) >= 11 is 0. The maximum atomic E-state index is 12.5. The number of carboxylic acids is 1. The van der Waals surface area contributed by atoms with E-state index in [1.165, 1.54) is 24.3 Å². The third-order valence-corrected chi connectivity index (χ3v) is 4.68. The van der Waals surface area contributed by atoms with Crippen LogP contribution in [0, 0.1) is 0 Å². The molecule has 0 radical (unpaired) electrons. The number of benzene rings is 3. The van der Waals surface area contributed by atoms with E-state index in [9.17, 15) is 15.0 Å². The van der Waals surface area contributed by atoms with Crippen molar-refractivity contribution in [2.45, 2.75) is 12.5 Å². The van der Waals surface area contributed by atoms with Crippen LogP contribution in [0.1, 0.15) is 34.0 Å². The zero-order chi connectivity index (χ0) is 20.8. The Balaban J connectivity index is 0.000000473. The molecule has 0 bridgehead atoms. The fourth-order valence-corrected chi connectivity index (χ4v) is 3.65. The molecule has 148 valence electrons. The number of ether oxygens (including phenoxy) is 2. The quantitative estimate of drug-likeness (QED) is 0.381. The van der Waals surface area contributed by atoms with E-state index in [0.29, 0.717) is 33.8 Å². The molecule has 30 heavy (non-hydrogen) atoms. The summed E-state index contributed by atoms with van der Waals surface area (Å²) in [5.74, 6) is -0.425. The van der Waals surface area contributed by atoms with E-state index in [-0.39, 0.29) is 41.1 Å². The molecule has 5 rings (SSSR count). The third-order valence-electron chi connectivity index (χ3n) is 4.68. The summed E-state index contributed by atoms with van der Waals surface area (Å²) in [6.45, 7) is 1.08. The Morgan fingerprint density at radius 3 is 1.90 bits per heavy atom. The number of carbonyl (C=O) groups excluding carboxylic acids is 1. The number of phenols is 2. The van der Waals surface area contributed by atoms with Gasteiger partial charge >= 0.3 is 35.5 Å². The fourth-order valence-electron chi connectivity index (χ4n) is 3.65. The summed E-state index contributed by atoms with van der Waals surface area (Å²) in [4.78, 5) is 21.5. The molecule has 7 nitrogen and oxygen atoms in total. The van der Waals surface area contributed by atoms with Gasteiger partial charge in [0.1, 0.15) is 23.0 Å². The van der Waals surface area contributed by atoms with E-state index in [4.69, 9.17) is 19.4 Å². The Morgan fingerprint density at radius 1 is 0.867 bits per heavy atom. The summed E-state index contributed by atoms with van der Waals surface area (Å²) in [6.07, 6.45) is 0. The van der Waals surface area contributed by atoms with Gasteiger partial charge in [-0.2, -0.15) is 0 Å². The number of hydrogen-bond acceptors (Lipinski definition) is 6. The Labute approximate surface area is 193 Å². The Morgan fingerprint density at radius 2 is 1.37 bits per heavy atom. The van der Waals surface area contributed by atoms with Crippen molar-refractivity contribution in [2.24, 2.45) is 0 Å². The van der Waals surface area contributed by atoms with Crippen LogP contribution in [0.25, 0.3) is 0 Å². The predicted octanol–water partition coefficient (Wildman–Crippen LogP) is 3.11. The van der Waals surface area contributed by atoms with Gasteiger partial charge in [-0.1, -0.05) is 18.2 Å². The van der Waals surface area contributed by atoms with Gasteiger partial charge in [-0.25, -0.2) is 4.79 Å². The second-order valence-corrected chi connectivity index (χ2v) is 6.60. The number of carboxylic acid groups (broad SMARTS) is 1. The van der Waals surface area contributed by atoms with Gasteiger partial charge < -0.3 is 24.8 Å². The van der Waals surface area contributed by atoms with E-state index >= 15 is 0 Å². The second-order valence-electron chi connectivity index (χ2n) is 6.60. The summed E-state index contributed by atoms with van der Waals surface area (Å²) < 4.78 is 11.8. The number of aliphatic carboxylic acids is 1. The van der Waals surface area contributed by atoms with Crippen molar-refractivity contribution in [3.05, 3.63) is 82.9 Å². The van der Waals surface area contributed by atoms with Gasteiger partial charge in [0.05, 0.1) is 5.56 Å². The van der Waals surface area contributed by atoms with Crippen LogP contribution in [0.4, 0.5) is 0 Å². The first-order valence-corrected chi connectivity index (χ1v) is 8.70. The average Bonchev–Trinajstić information content (AvgIpc) is 2.95. The van der Waals surface area contributed by atoms with Gasteiger partial charge in [-0.3, -0.25) is 4.79 Å². The minimum atomic E-state index is -1.17. The molecular weight excluding hydrogens is 399 g/mol. The molecule has 8 heteroatoms. The van der Waals surface area contributed by atoms with Crippen LogP contribution in [-0.2, 0) is 15.1 Å². The van der Waals surface area contributed by atoms with Crippen molar-refractivity contribution < 1.29 is 34.4 Å². The van der Waals surface area contributed by atoms with Crippen molar-refractivity contribution in [3.63, 3.8) is 0 Å². The zero-order valence-electron chi connectivity index (χ0n) is 15.2. The Kier molecular flexibility index (Phi) is 5.81. The molecule has 3 aromatic carbocycles. The second kappa shape index (κ2) is 8.02. The van der Waals surface area contributed by atoms with Crippen molar-refractivity contribution in [1.29, 1.82) is 0 Å². The zero-order valence-corrected chi connectivity index (χ0v) is 15.2. The van der Waals surface area contributed by atoms with Crippen LogP contribution >= 0.6 is 0 Å². The first-order valence-electron chi connectivity index (χ1n) is 8.70. The summed E-state index contributed by atoms with van der Waals surface area (Å²) in [6, 6.07) is 16.6. The van der Waals surface area contributed by atoms with E-state index in [1.807, 2.05) is 12.1 Å². The number of fused-ring (bicyclic) bond motifs is 6. The molecule has 3 aromatic rings. The molecule has 0 atom stereocenters. The Bertz CT molecular complexity index is 1100. The van der Waals surface area contributed by atoms with Gasteiger partial charge in [0.15, 0.2) is 5.60 Å². The standard InChI is InChI=1S/C20H12O5.C2H4O2.Na.H/c21-11-5-7-15-17(9-11)24-18-10-12(22)6-8-16(18)20(15)14-4-2-1-3-13(14)19(23)25-20;1-2(3)4;;/h1-10,21-22H;1H3,(H,3,4);;. The summed E-state index contributed by atoms with van der Waals surface area (Å²) in [7, 11) is 0. The van der Waals surface area contributed by atoms with Crippen molar-refractivity contribution in [1.82, 2.24) is 0 Å². The number of aromatic hydroxyl groups is 2. The molecule has 0 unspecified atom stereocenters. The van der Waals surface area contributed by atoms with E-state index in [2.05, 4.69) is 0 Å². The molecular formula is C22H17NaO7. The summed E-state index contributed by atoms with van der Waals surface area (Å²) in [5.41, 5.74) is 1.28. The molecule has 2 aliphatic heterocycles. The molecule has 0 amide bonds. The van der Waals surface area contributed by atoms with Crippen molar-refractivity contribution in [3.8, 4) is 23.0 Å². The van der Waals surface area contributed by atoms with Crippen LogP contribution in [-0.4, -0.2) is 56.8 Å². The minimum absolute atomic E-state index is 0. The SMILES string of the molecule is CC(=O)O.O=C1OC2(c3ccc(O)cc3Oc3cc(O)ccc32)c2ccccc21.[NaH]. The van der Waals surface area contributed by atoms with Crippen molar-refractivity contribution in [2.75, 3.05) is 0 Å². The molecule has 0 saturated heterocycles. The molecule has 0 saturated carbocycles. The third kappa shape index (κ3) is 3.41. The van der Waals surface area contributed by atoms with Gasteiger partial charge in [0.25, 0.3) is 5.97 Å². The average molecular weight is 416 g/mol. The monoisotopic (exact) mass is 416 g/mol. The first kappa shape index (κ1) is 21.7. The molecule has 1 spiro atoms. The molecule has 2 heterocycles. The van der Waals surface area contributed by atoms with Gasteiger partial charge in [0.2, 0.25) is 0 Å². The van der Waals surface area contributed by atoms with Gasteiger partial charge in [-0.15, -0.1) is 0 Å². The number of carbonyl (C=O) groups is 2. The fraction of sp³-hybridized carbons (Fsp3) is 0.0909. The maximum absolute atomic E-state index is 12.5. The molecule has 3 N–H and O–H groups in total. The van der Waals surface area contributed by atoms with Crippen molar-refractivity contribution >= 4 is 41.5 Å². The van der Waals surface area contributed by atoms with E-state index < -0.39 is 17.5 Å². The molecule has 0 aromatic heterocycles. The Hall–Kier alpha value is -3.00. The van der Waals surface area contributed by atoms with Crippen LogP contribution in [0.15, 0.2) is 60.7 Å². The number of hydrogen-bond donors (Lipinski definition) is 3. The summed E-state index contributed by atoms with van der Waals surface area (Å²) in [5, 5.41) is 27.1. The van der Waals surface area contributed by atoms with Crippen LogP contribution in [0.3, 0.4) is 0 Å². The van der Waals surface area contributed by atoms with Crippen LogP contribution in [0.2, 0.25) is 0 Å². The van der Waals surface area contributed by atoms with E-state index in [1.54, 1.807) is 24.3 Å². The number of rotatable bonds is 0. The molecule has 2 aliphatic rings. The number of phenolic OH excluding ortho intramolecular Hbond substituents is 2.